The second-order valence-corrected chi connectivity index (χ2v) is 8.36. The fourth-order valence-corrected chi connectivity index (χ4v) is 3.89. The van der Waals surface area contributed by atoms with Gasteiger partial charge in [-0.25, -0.2) is 0 Å². The molecule has 2 aromatic carbocycles. The van der Waals surface area contributed by atoms with Crippen LogP contribution in [-0.2, 0) is 24.1 Å². The van der Waals surface area contributed by atoms with Gasteiger partial charge in [0.1, 0.15) is 11.5 Å². The van der Waals surface area contributed by atoms with Gasteiger partial charge >= 0.3 is 0 Å². The fraction of sp³-hybridized carbons (Fsp3) is 0.500. The molecule has 1 unspecified atom stereocenters. The second kappa shape index (κ2) is 11.1. The second-order valence-electron chi connectivity index (χ2n) is 8.36. The lowest BCUT2D eigenvalue weighted by Gasteiger charge is -2.20. The van der Waals surface area contributed by atoms with E-state index in [9.17, 15) is 4.79 Å². The summed E-state index contributed by atoms with van der Waals surface area (Å²) in [6.07, 6.45) is 6.97. The summed E-state index contributed by atoms with van der Waals surface area (Å²) in [6, 6.07) is 14.5. The van der Waals surface area contributed by atoms with E-state index >= 15 is 0 Å². The average Bonchev–Trinajstić information content (AvgIpc) is 2.75. The zero-order valence-electron chi connectivity index (χ0n) is 18.6. The molecule has 2 aromatic rings. The lowest BCUT2D eigenvalue weighted by atomic mass is 9.92. The zero-order chi connectivity index (χ0) is 21.3. The van der Waals surface area contributed by atoms with E-state index < -0.39 is 6.10 Å². The van der Waals surface area contributed by atoms with Gasteiger partial charge in [-0.2, -0.15) is 0 Å². The molecule has 0 heterocycles. The summed E-state index contributed by atoms with van der Waals surface area (Å²) in [5.41, 5.74) is 4.05. The highest BCUT2D eigenvalue weighted by Crippen LogP contribution is 2.26. The molecular weight excluding hydrogens is 374 g/mol. The number of carbonyl (C=O) groups is 1. The van der Waals surface area contributed by atoms with Gasteiger partial charge in [-0.15, -0.1) is 0 Å². The Morgan fingerprint density at radius 2 is 1.67 bits per heavy atom. The first-order valence-electron chi connectivity index (χ1n) is 11.4. The number of ether oxygens (including phenoxy) is 2. The Morgan fingerprint density at radius 3 is 2.37 bits per heavy atom. The summed E-state index contributed by atoms with van der Waals surface area (Å²) in [7, 11) is 0. The Hall–Kier alpha value is -2.49. The third kappa shape index (κ3) is 6.51. The minimum atomic E-state index is -0.445. The van der Waals surface area contributed by atoms with Crippen molar-refractivity contribution in [2.75, 3.05) is 6.54 Å². The molecule has 1 amide bonds. The maximum absolute atomic E-state index is 12.6. The lowest BCUT2D eigenvalue weighted by molar-refractivity contribution is -0.128. The van der Waals surface area contributed by atoms with Crippen LogP contribution in [0.3, 0.4) is 0 Å². The molecule has 1 aliphatic rings. The highest BCUT2D eigenvalue weighted by molar-refractivity contribution is 5.81. The molecule has 0 aliphatic heterocycles. The van der Waals surface area contributed by atoms with Crippen molar-refractivity contribution in [1.82, 2.24) is 5.32 Å². The van der Waals surface area contributed by atoms with E-state index in [1.807, 2.05) is 39.0 Å². The molecule has 0 aromatic heterocycles. The van der Waals surface area contributed by atoms with Crippen LogP contribution in [0.1, 0.15) is 63.1 Å². The van der Waals surface area contributed by atoms with Gasteiger partial charge in [-0.3, -0.25) is 4.79 Å². The monoisotopic (exact) mass is 409 g/mol. The van der Waals surface area contributed by atoms with Crippen molar-refractivity contribution >= 4 is 5.91 Å². The smallest absolute Gasteiger partial charge is 0.261 e. The van der Waals surface area contributed by atoms with E-state index in [1.54, 1.807) is 0 Å². The molecule has 0 fully saturated rings. The van der Waals surface area contributed by atoms with Crippen molar-refractivity contribution in [3.05, 3.63) is 59.2 Å². The van der Waals surface area contributed by atoms with E-state index in [0.717, 1.165) is 37.2 Å². The number of benzene rings is 2. The molecule has 1 atom stereocenters. The van der Waals surface area contributed by atoms with Gasteiger partial charge in [-0.1, -0.05) is 25.1 Å². The summed E-state index contributed by atoms with van der Waals surface area (Å²) >= 11 is 0. The molecular formula is C26H35NO3. The molecule has 0 bridgehead atoms. The SMILES string of the molecule is CCC(Oc1ccc2c(c1)CCCC2)C(=O)NCCCc1ccc(OC(C)C)cc1. The van der Waals surface area contributed by atoms with Crippen LogP contribution in [0.4, 0.5) is 0 Å². The largest absolute Gasteiger partial charge is 0.491 e. The number of nitrogens with one attached hydrogen (secondary N) is 1. The highest BCUT2D eigenvalue weighted by atomic mass is 16.5. The minimum absolute atomic E-state index is 0.0316. The molecule has 0 saturated carbocycles. The fourth-order valence-electron chi connectivity index (χ4n) is 3.89. The number of rotatable bonds is 10. The van der Waals surface area contributed by atoms with Crippen LogP contribution in [0.5, 0.6) is 11.5 Å². The molecule has 4 heteroatoms. The topological polar surface area (TPSA) is 47.6 Å². The van der Waals surface area contributed by atoms with Crippen molar-refractivity contribution < 1.29 is 14.3 Å². The summed E-state index contributed by atoms with van der Waals surface area (Å²) in [5.74, 6) is 1.67. The van der Waals surface area contributed by atoms with Gasteiger partial charge in [-0.05, 0) is 99.7 Å². The molecule has 1 aliphatic carbocycles. The number of fused-ring (bicyclic) bond motifs is 1. The van der Waals surface area contributed by atoms with Crippen LogP contribution >= 0.6 is 0 Å². The molecule has 3 rings (SSSR count). The lowest BCUT2D eigenvalue weighted by Crippen LogP contribution is -2.38. The van der Waals surface area contributed by atoms with Crippen LogP contribution in [0, 0.1) is 0 Å². The number of carbonyl (C=O) groups excluding carboxylic acids is 1. The molecule has 1 N–H and O–H groups in total. The van der Waals surface area contributed by atoms with Gasteiger partial charge in [0.25, 0.3) is 5.91 Å². The molecule has 0 radical (unpaired) electrons. The van der Waals surface area contributed by atoms with Crippen molar-refractivity contribution in [2.24, 2.45) is 0 Å². The maximum Gasteiger partial charge on any atom is 0.261 e. The third-order valence-corrected chi connectivity index (χ3v) is 5.50. The quantitative estimate of drug-likeness (QED) is 0.545. The molecule has 162 valence electrons. The Bertz CT molecular complexity index is 814. The molecule has 4 nitrogen and oxygen atoms in total. The summed E-state index contributed by atoms with van der Waals surface area (Å²) in [4.78, 5) is 12.6. The van der Waals surface area contributed by atoms with Gasteiger partial charge in [0.05, 0.1) is 6.10 Å². The Kier molecular flexibility index (Phi) is 8.18. The number of aryl methyl sites for hydroxylation is 3. The van der Waals surface area contributed by atoms with Crippen molar-refractivity contribution in [2.45, 2.75) is 77.9 Å². The maximum atomic E-state index is 12.6. The first kappa shape index (κ1) is 22.2. The highest BCUT2D eigenvalue weighted by Gasteiger charge is 2.19. The van der Waals surface area contributed by atoms with Gasteiger partial charge in [0, 0.05) is 6.54 Å². The van der Waals surface area contributed by atoms with Gasteiger partial charge in [0.15, 0.2) is 6.10 Å². The van der Waals surface area contributed by atoms with E-state index in [0.29, 0.717) is 13.0 Å². The first-order chi connectivity index (χ1) is 14.5. The predicted octanol–water partition coefficient (Wildman–Crippen LogP) is 5.26. The number of hydrogen-bond donors (Lipinski definition) is 1. The van der Waals surface area contributed by atoms with E-state index in [4.69, 9.17) is 9.47 Å². The molecule has 30 heavy (non-hydrogen) atoms. The van der Waals surface area contributed by atoms with Gasteiger partial charge < -0.3 is 14.8 Å². The summed E-state index contributed by atoms with van der Waals surface area (Å²) < 4.78 is 11.7. The van der Waals surface area contributed by atoms with Crippen molar-refractivity contribution in [3.8, 4) is 11.5 Å². The first-order valence-corrected chi connectivity index (χ1v) is 11.4. The van der Waals surface area contributed by atoms with Crippen LogP contribution in [0.2, 0.25) is 0 Å². The van der Waals surface area contributed by atoms with Crippen LogP contribution < -0.4 is 14.8 Å². The van der Waals surface area contributed by atoms with Crippen molar-refractivity contribution in [3.63, 3.8) is 0 Å². The van der Waals surface area contributed by atoms with E-state index in [-0.39, 0.29) is 12.0 Å². The normalized spacial score (nSPS) is 14.1. The molecule has 0 saturated heterocycles. The predicted molar refractivity (Wildman–Crippen MR) is 121 cm³/mol. The van der Waals surface area contributed by atoms with Crippen LogP contribution in [0.15, 0.2) is 42.5 Å². The number of amides is 1. The Labute approximate surface area is 181 Å². The minimum Gasteiger partial charge on any atom is -0.491 e. The Balaban J connectivity index is 1.43. The Morgan fingerprint density at radius 1 is 0.967 bits per heavy atom. The van der Waals surface area contributed by atoms with E-state index in [1.165, 1.54) is 29.5 Å². The standard InChI is InChI=1S/C26H35NO3/c1-4-25(30-24-16-13-21-9-5-6-10-22(21)18-24)26(28)27-17-7-8-20-11-14-23(15-12-20)29-19(2)3/h11-16,18-19,25H,4-10,17H2,1-3H3,(H,27,28). The molecule has 0 spiro atoms. The van der Waals surface area contributed by atoms with Crippen molar-refractivity contribution in [1.29, 1.82) is 0 Å². The summed E-state index contributed by atoms with van der Waals surface area (Å²) in [5, 5.41) is 3.04. The van der Waals surface area contributed by atoms with E-state index in [2.05, 4.69) is 29.6 Å². The summed E-state index contributed by atoms with van der Waals surface area (Å²) in [6.45, 7) is 6.68. The average molecular weight is 410 g/mol. The number of hydrogen-bond acceptors (Lipinski definition) is 3. The zero-order valence-corrected chi connectivity index (χ0v) is 18.6. The third-order valence-electron chi connectivity index (χ3n) is 5.50. The van der Waals surface area contributed by atoms with Crippen LogP contribution in [0.25, 0.3) is 0 Å². The van der Waals surface area contributed by atoms with Crippen LogP contribution in [-0.4, -0.2) is 24.7 Å². The van der Waals surface area contributed by atoms with Gasteiger partial charge in [0.2, 0.25) is 0 Å².